The van der Waals surface area contributed by atoms with Crippen LogP contribution in [0.15, 0.2) is 30.5 Å². The minimum atomic E-state index is -3.29. The smallest absolute Gasteiger partial charge is 0.245 e. The number of fused-ring (bicyclic) bond motifs is 1. The van der Waals surface area contributed by atoms with E-state index in [0.29, 0.717) is 5.92 Å². The predicted molar refractivity (Wildman–Crippen MR) is 90.4 cm³/mol. The first-order chi connectivity index (χ1) is 10.4. The quantitative estimate of drug-likeness (QED) is 0.868. The van der Waals surface area contributed by atoms with E-state index < -0.39 is 10.0 Å². The lowest BCUT2D eigenvalue weighted by Crippen LogP contribution is -2.35. The lowest BCUT2D eigenvalue weighted by Gasteiger charge is -2.28. The molecular formula is C16H23N3O2S. The third kappa shape index (κ3) is 2.73. The van der Waals surface area contributed by atoms with Crippen molar-refractivity contribution in [2.45, 2.75) is 18.8 Å². The van der Waals surface area contributed by atoms with E-state index in [1.54, 1.807) is 11.7 Å². The number of para-hydroxylation sites is 1. The van der Waals surface area contributed by atoms with Gasteiger partial charge < -0.3 is 4.90 Å². The SMILES string of the molecule is CN1CCC(c2cn(N(C)S(C)(=O)=O)c3ccccc23)CC1. The van der Waals surface area contributed by atoms with Gasteiger partial charge in [0.1, 0.15) is 0 Å². The van der Waals surface area contributed by atoms with Gasteiger partial charge in [-0.25, -0.2) is 12.8 Å². The number of nitrogens with zero attached hydrogens (tertiary/aromatic N) is 3. The average Bonchev–Trinajstić information content (AvgIpc) is 2.86. The Balaban J connectivity index is 2.08. The summed E-state index contributed by atoms with van der Waals surface area (Å²) in [4.78, 5) is 2.35. The summed E-state index contributed by atoms with van der Waals surface area (Å²) in [6.07, 6.45) is 5.47. The second-order valence-electron chi connectivity index (χ2n) is 6.22. The standard InChI is InChI=1S/C16H23N3O2S/c1-17-10-8-13(9-11-17)15-12-19(18(2)22(3,20)21)16-7-5-4-6-14(15)16/h4-7,12-13H,8-11H2,1-3H3. The molecule has 1 aromatic carbocycles. The zero-order valence-corrected chi connectivity index (χ0v) is 14.2. The molecule has 1 saturated heterocycles. The van der Waals surface area contributed by atoms with Crippen LogP contribution < -0.4 is 4.41 Å². The van der Waals surface area contributed by atoms with Gasteiger partial charge in [-0.1, -0.05) is 18.2 Å². The molecule has 2 heterocycles. The van der Waals surface area contributed by atoms with Crippen molar-refractivity contribution in [1.29, 1.82) is 0 Å². The van der Waals surface area contributed by atoms with Crippen LogP contribution in [0.2, 0.25) is 0 Å². The van der Waals surface area contributed by atoms with Crippen LogP contribution in [0.1, 0.15) is 24.3 Å². The van der Waals surface area contributed by atoms with Crippen LogP contribution >= 0.6 is 0 Å². The molecule has 6 heteroatoms. The summed E-state index contributed by atoms with van der Waals surface area (Å²) in [6, 6.07) is 8.05. The lowest BCUT2D eigenvalue weighted by atomic mass is 9.89. The summed E-state index contributed by atoms with van der Waals surface area (Å²) in [5.41, 5.74) is 2.21. The van der Waals surface area contributed by atoms with E-state index in [0.717, 1.165) is 36.8 Å². The van der Waals surface area contributed by atoms with Crippen molar-refractivity contribution in [1.82, 2.24) is 9.58 Å². The number of likely N-dealkylation sites (tertiary alicyclic amines) is 1. The molecule has 0 saturated carbocycles. The number of rotatable bonds is 3. The van der Waals surface area contributed by atoms with Crippen molar-refractivity contribution < 1.29 is 8.42 Å². The number of aromatic nitrogens is 1. The van der Waals surface area contributed by atoms with E-state index in [1.165, 1.54) is 16.2 Å². The molecule has 120 valence electrons. The van der Waals surface area contributed by atoms with Crippen molar-refractivity contribution in [3.8, 4) is 0 Å². The number of hydrogen-bond donors (Lipinski definition) is 0. The van der Waals surface area contributed by atoms with Gasteiger partial charge in [-0.2, -0.15) is 0 Å². The van der Waals surface area contributed by atoms with Gasteiger partial charge in [0.15, 0.2) is 0 Å². The Morgan fingerprint density at radius 1 is 1.18 bits per heavy atom. The Morgan fingerprint density at radius 3 is 2.45 bits per heavy atom. The highest BCUT2D eigenvalue weighted by molar-refractivity contribution is 7.91. The summed E-state index contributed by atoms with van der Waals surface area (Å²) in [7, 11) is 0.462. The maximum atomic E-state index is 11.9. The van der Waals surface area contributed by atoms with Gasteiger partial charge in [-0.15, -0.1) is 0 Å². The van der Waals surface area contributed by atoms with Gasteiger partial charge in [0.2, 0.25) is 10.0 Å². The molecule has 3 rings (SSSR count). The average molecular weight is 321 g/mol. The summed E-state index contributed by atoms with van der Waals surface area (Å²) >= 11 is 0. The normalized spacial score (nSPS) is 18.0. The van der Waals surface area contributed by atoms with Gasteiger partial charge in [0.25, 0.3) is 0 Å². The van der Waals surface area contributed by atoms with E-state index in [-0.39, 0.29) is 0 Å². The monoisotopic (exact) mass is 321 g/mol. The van der Waals surface area contributed by atoms with Crippen LogP contribution in [0.5, 0.6) is 0 Å². The first-order valence-electron chi connectivity index (χ1n) is 7.60. The molecule has 1 fully saturated rings. The Morgan fingerprint density at radius 2 is 1.82 bits per heavy atom. The van der Waals surface area contributed by atoms with Crippen LogP contribution in [0.4, 0.5) is 0 Å². The van der Waals surface area contributed by atoms with E-state index in [9.17, 15) is 8.42 Å². The number of piperidine rings is 1. The molecular weight excluding hydrogens is 298 g/mol. The molecule has 0 spiro atoms. The van der Waals surface area contributed by atoms with Crippen LogP contribution in [0, 0.1) is 0 Å². The highest BCUT2D eigenvalue weighted by Crippen LogP contribution is 2.34. The number of sulfonamides is 1. The van der Waals surface area contributed by atoms with Crippen molar-refractivity contribution in [3.63, 3.8) is 0 Å². The highest BCUT2D eigenvalue weighted by atomic mass is 32.2. The van der Waals surface area contributed by atoms with Gasteiger partial charge in [0, 0.05) is 18.6 Å². The van der Waals surface area contributed by atoms with Gasteiger partial charge in [0.05, 0.1) is 11.8 Å². The maximum Gasteiger partial charge on any atom is 0.245 e. The molecule has 2 aromatic rings. The van der Waals surface area contributed by atoms with E-state index in [2.05, 4.69) is 18.0 Å². The summed E-state index contributed by atoms with van der Waals surface area (Å²) in [5, 5.41) is 1.16. The van der Waals surface area contributed by atoms with E-state index in [4.69, 9.17) is 0 Å². The maximum absolute atomic E-state index is 11.9. The summed E-state index contributed by atoms with van der Waals surface area (Å²) < 4.78 is 26.9. The lowest BCUT2D eigenvalue weighted by molar-refractivity contribution is 0.256. The van der Waals surface area contributed by atoms with Crippen molar-refractivity contribution in [3.05, 3.63) is 36.0 Å². The first kappa shape index (κ1) is 15.4. The third-order valence-corrected chi connectivity index (χ3v) is 5.80. The van der Waals surface area contributed by atoms with Gasteiger partial charge in [-0.3, -0.25) is 4.68 Å². The molecule has 0 bridgehead atoms. The fraction of sp³-hybridized carbons (Fsp3) is 0.500. The predicted octanol–water partition coefficient (Wildman–Crippen LogP) is 1.98. The molecule has 0 N–H and O–H groups in total. The number of hydrogen-bond acceptors (Lipinski definition) is 3. The molecule has 0 unspecified atom stereocenters. The van der Waals surface area contributed by atoms with Crippen molar-refractivity contribution in [2.24, 2.45) is 0 Å². The zero-order valence-electron chi connectivity index (χ0n) is 13.4. The van der Waals surface area contributed by atoms with Crippen molar-refractivity contribution in [2.75, 3.05) is 37.9 Å². The molecule has 1 aromatic heterocycles. The van der Waals surface area contributed by atoms with Gasteiger partial charge in [-0.05, 0) is 50.5 Å². The van der Waals surface area contributed by atoms with Crippen LogP contribution in [-0.2, 0) is 10.0 Å². The Kier molecular flexibility index (Phi) is 3.91. The van der Waals surface area contributed by atoms with Crippen LogP contribution in [-0.4, -0.2) is 51.4 Å². The molecule has 1 aliphatic heterocycles. The Labute approximate surface area is 132 Å². The Bertz CT molecular complexity index is 774. The minimum Gasteiger partial charge on any atom is -0.306 e. The summed E-state index contributed by atoms with van der Waals surface area (Å²) in [5.74, 6) is 0.496. The summed E-state index contributed by atoms with van der Waals surface area (Å²) in [6.45, 7) is 2.18. The minimum absolute atomic E-state index is 0.496. The second-order valence-corrected chi connectivity index (χ2v) is 8.22. The van der Waals surface area contributed by atoms with E-state index >= 15 is 0 Å². The molecule has 22 heavy (non-hydrogen) atoms. The zero-order chi connectivity index (χ0) is 15.9. The molecule has 5 nitrogen and oxygen atoms in total. The third-order valence-electron chi connectivity index (χ3n) is 4.67. The number of benzene rings is 1. The second kappa shape index (κ2) is 5.59. The largest absolute Gasteiger partial charge is 0.306 e. The molecule has 0 radical (unpaired) electrons. The van der Waals surface area contributed by atoms with E-state index in [1.807, 2.05) is 24.4 Å². The first-order valence-corrected chi connectivity index (χ1v) is 9.45. The molecule has 0 amide bonds. The van der Waals surface area contributed by atoms with Crippen LogP contribution in [0.25, 0.3) is 10.9 Å². The molecule has 1 aliphatic rings. The van der Waals surface area contributed by atoms with Crippen molar-refractivity contribution >= 4 is 20.9 Å². The van der Waals surface area contributed by atoms with Crippen LogP contribution in [0.3, 0.4) is 0 Å². The highest BCUT2D eigenvalue weighted by Gasteiger charge is 2.24. The molecule has 0 aliphatic carbocycles. The fourth-order valence-corrected chi connectivity index (χ4v) is 3.68. The molecule has 0 atom stereocenters. The Hall–Kier alpha value is -1.53. The topological polar surface area (TPSA) is 45.5 Å². The fourth-order valence-electron chi connectivity index (χ4n) is 3.23. The van der Waals surface area contributed by atoms with Gasteiger partial charge >= 0.3 is 0 Å².